The van der Waals surface area contributed by atoms with E-state index in [4.69, 9.17) is 0 Å². The van der Waals surface area contributed by atoms with Crippen LogP contribution in [0.15, 0.2) is 18.3 Å². The number of pyridine rings is 1. The lowest BCUT2D eigenvalue weighted by Gasteiger charge is -2.26. The number of hydrogen-bond donors (Lipinski definition) is 1. The summed E-state index contributed by atoms with van der Waals surface area (Å²) in [5.41, 5.74) is 1.42. The van der Waals surface area contributed by atoms with Crippen molar-refractivity contribution >= 4 is 0 Å². The zero-order chi connectivity index (χ0) is 12.0. The Morgan fingerprint density at radius 2 is 1.88 bits per heavy atom. The molecule has 0 aromatic carbocycles. The highest BCUT2D eigenvalue weighted by Gasteiger charge is 2.41. The van der Waals surface area contributed by atoms with E-state index in [2.05, 4.69) is 31.8 Å². The van der Waals surface area contributed by atoms with Crippen LogP contribution in [-0.4, -0.2) is 10.1 Å². The molecule has 1 aliphatic carbocycles. The number of aromatic nitrogens is 1. The fourth-order valence-electron chi connectivity index (χ4n) is 2.04. The van der Waals surface area contributed by atoms with Gasteiger partial charge in [-0.1, -0.05) is 20.8 Å². The highest BCUT2D eigenvalue weighted by Crippen LogP contribution is 2.45. The Labute approximate surface area is 97.7 Å². The summed E-state index contributed by atoms with van der Waals surface area (Å²) in [7, 11) is 0. The van der Waals surface area contributed by atoms with E-state index >= 15 is 0 Å². The summed E-state index contributed by atoms with van der Waals surface area (Å²) in [6.45, 7) is 8.35. The third-order valence-electron chi connectivity index (χ3n) is 3.49. The first-order valence-electron chi connectivity index (χ1n) is 6.01. The van der Waals surface area contributed by atoms with E-state index in [1.807, 2.05) is 19.2 Å². The van der Waals surface area contributed by atoms with Crippen LogP contribution in [0.4, 0.5) is 0 Å². The van der Waals surface area contributed by atoms with Crippen molar-refractivity contribution in [2.24, 2.45) is 5.92 Å². The number of hydrogen-bond acceptors (Lipinski definition) is 2. The molecule has 1 fully saturated rings. The van der Waals surface area contributed by atoms with E-state index in [0.717, 1.165) is 24.1 Å². The molecule has 2 nitrogen and oxygen atoms in total. The number of nitrogens with zero attached hydrogens (tertiary/aromatic N) is 1. The van der Waals surface area contributed by atoms with Gasteiger partial charge >= 0.3 is 0 Å². The van der Waals surface area contributed by atoms with Crippen molar-refractivity contribution < 1.29 is 5.11 Å². The molecule has 1 heterocycles. The van der Waals surface area contributed by atoms with Crippen molar-refractivity contribution in [3.05, 3.63) is 29.6 Å². The van der Waals surface area contributed by atoms with Crippen LogP contribution in [-0.2, 0) is 11.0 Å². The lowest BCUT2D eigenvalue weighted by molar-refractivity contribution is 0.0328. The second-order valence-corrected chi connectivity index (χ2v) is 6.10. The topological polar surface area (TPSA) is 33.1 Å². The summed E-state index contributed by atoms with van der Waals surface area (Å²) in [6.07, 6.45) is 4.09. The first-order chi connectivity index (χ1) is 7.32. The molecule has 2 heteroatoms. The molecule has 0 bridgehead atoms. The number of aliphatic hydroxyl groups is 1. The van der Waals surface area contributed by atoms with Crippen molar-refractivity contribution in [3.8, 4) is 0 Å². The highest BCUT2D eigenvalue weighted by atomic mass is 16.3. The molecule has 0 radical (unpaired) electrons. The third kappa shape index (κ3) is 2.12. The van der Waals surface area contributed by atoms with Crippen LogP contribution >= 0.6 is 0 Å². The molecule has 0 aliphatic heterocycles. The molecule has 1 N–H and O–H groups in total. The Morgan fingerprint density at radius 3 is 2.38 bits per heavy atom. The molecule has 88 valence electrons. The quantitative estimate of drug-likeness (QED) is 0.829. The SMILES string of the molecule is CC(C)(C)c1cc([C@](C)(O)C2CC2)ccn1. The summed E-state index contributed by atoms with van der Waals surface area (Å²) < 4.78 is 0. The maximum Gasteiger partial charge on any atom is 0.0897 e. The van der Waals surface area contributed by atoms with Crippen LogP contribution in [0.25, 0.3) is 0 Å². The largest absolute Gasteiger partial charge is 0.385 e. The van der Waals surface area contributed by atoms with Crippen LogP contribution in [0.1, 0.15) is 51.8 Å². The van der Waals surface area contributed by atoms with Gasteiger partial charge in [0.2, 0.25) is 0 Å². The smallest absolute Gasteiger partial charge is 0.0897 e. The van der Waals surface area contributed by atoms with Gasteiger partial charge in [0.25, 0.3) is 0 Å². The fraction of sp³-hybridized carbons (Fsp3) is 0.643. The van der Waals surface area contributed by atoms with Gasteiger partial charge < -0.3 is 5.11 Å². The summed E-state index contributed by atoms with van der Waals surface area (Å²) in [6, 6.07) is 3.99. The van der Waals surface area contributed by atoms with Crippen LogP contribution < -0.4 is 0 Å². The summed E-state index contributed by atoms with van der Waals surface area (Å²) >= 11 is 0. The van der Waals surface area contributed by atoms with Gasteiger partial charge in [0.05, 0.1) is 5.60 Å². The fourth-order valence-corrected chi connectivity index (χ4v) is 2.04. The maximum atomic E-state index is 10.5. The lowest BCUT2D eigenvalue weighted by Crippen LogP contribution is -2.25. The van der Waals surface area contributed by atoms with E-state index in [1.54, 1.807) is 0 Å². The minimum Gasteiger partial charge on any atom is -0.385 e. The van der Waals surface area contributed by atoms with E-state index in [0.29, 0.717) is 5.92 Å². The molecule has 1 atom stereocenters. The van der Waals surface area contributed by atoms with E-state index in [1.165, 1.54) is 0 Å². The Morgan fingerprint density at radius 1 is 1.25 bits per heavy atom. The average Bonchev–Trinajstić information content (AvgIpc) is 3.00. The Balaban J connectivity index is 2.35. The molecule has 0 spiro atoms. The maximum absolute atomic E-state index is 10.5. The normalized spacial score (nSPS) is 20.6. The molecular weight excluding hydrogens is 198 g/mol. The molecule has 1 saturated carbocycles. The molecule has 1 aliphatic rings. The van der Waals surface area contributed by atoms with Crippen molar-refractivity contribution in [3.63, 3.8) is 0 Å². The predicted octanol–water partition coefficient (Wildman–Crippen LogP) is 3.00. The van der Waals surface area contributed by atoms with E-state index < -0.39 is 5.60 Å². The van der Waals surface area contributed by atoms with Gasteiger partial charge in [-0.2, -0.15) is 0 Å². The molecule has 1 aromatic heterocycles. The van der Waals surface area contributed by atoms with Gasteiger partial charge in [0, 0.05) is 17.3 Å². The van der Waals surface area contributed by atoms with Crippen molar-refractivity contribution in [2.75, 3.05) is 0 Å². The van der Waals surface area contributed by atoms with Crippen molar-refractivity contribution in [1.29, 1.82) is 0 Å². The van der Waals surface area contributed by atoms with Gasteiger partial charge in [-0.15, -0.1) is 0 Å². The molecule has 2 rings (SSSR count). The van der Waals surface area contributed by atoms with E-state index in [-0.39, 0.29) is 5.41 Å². The highest BCUT2D eigenvalue weighted by molar-refractivity contribution is 5.27. The zero-order valence-corrected chi connectivity index (χ0v) is 10.6. The zero-order valence-electron chi connectivity index (χ0n) is 10.6. The second kappa shape index (κ2) is 3.56. The van der Waals surface area contributed by atoms with Crippen LogP contribution in [0.5, 0.6) is 0 Å². The first kappa shape index (κ1) is 11.6. The van der Waals surface area contributed by atoms with Crippen LogP contribution in [0.2, 0.25) is 0 Å². The monoisotopic (exact) mass is 219 g/mol. The molecular formula is C14H21NO. The number of rotatable bonds is 2. The molecule has 0 saturated heterocycles. The minimum absolute atomic E-state index is 0.0373. The Kier molecular flexibility index (Phi) is 2.58. The van der Waals surface area contributed by atoms with Crippen LogP contribution in [0, 0.1) is 5.92 Å². The Bertz CT molecular complexity index is 386. The van der Waals surface area contributed by atoms with E-state index in [9.17, 15) is 5.11 Å². The lowest BCUT2D eigenvalue weighted by atomic mass is 9.86. The standard InChI is InChI=1S/C14H21NO/c1-13(2,3)12-9-11(7-8-15-12)14(4,16)10-5-6-10/h7-10,16H,5-6H2,1-4H3/t14-/m1/s1. The third-order valence-corrected chi connectivity index (χ3v) is 3.49. The summed E-state index contributed by atoms with van der Waals surface area (Å²) in [5.74, 6) is 0.433. The van der Waals surface area contributed by atoms with Crippen molar-refractivity contribution in [2.45, 2.75) is 51.6 Å². The summed E-state index contributed by atoms with van der Waals surface area (Å²) in [5, 5.41) is 10.5. The minimum atomic E-state index is -0.678. The molecule has 16 heavy (non-hydrogen) atoms. The van der Waals surface area contributed by atoms with Gasteiger partial charge in [-0.3, -0.25) is 4.98 Å². The van der Waals surface area contributed by atoms with Gasteiger partial charge in [0.1, 0.15) is 0 Å². The molecule has 0 unspecified atom stereocenters. The van der Waals surface area contributed by atoms with Crippen LogP contribution in [0.3, 0.4) is 0 Å². The van der Waals surface area contributed by atoms with Crippen molar-refractivity contribution in [1.82, 2.24) is 4.98 Å². The molecule has 1 aromatic rings. The second-order valence-electron chi connectivity index (χ2n) is 6.10. The average molecular weight is 219 g/mol. The summed E-state index contributed by atoms with van der Waals surface area (Å²) in [4.78, 5) is 4.39. The first-order valence-corrected chi connectivity index (χ1v) is 6.01. The van der Waals surface area contributed by atoms with Gasteiger partial charge in [-0.25, -0.2) is 0 Å². The molecule has 0 amide bonds. The van der Waals surface area contributed by atoms with Gasteiger partial charge in [0.15, 0.2) is 0 Å². The predicted molar refractivity (Wildman–Crippen MR) is 65.2 cm³/mol. The Hall–Kier alpha value is -0.890. The van der Waals surface area contributed by atoms with Gasteiger partial charge in [-0.05, 0) is 43.4 Å².